The van der Waals surface area contributed by atoms with Gasteiger partial charge in [-0.05, 0) is 33.8 Å². The Kier molecular flexibility index (Phi) is 3.17. The maximum absolute atomic E-state index is 4.48. The second-order valence-electron chi connectivity index (χ2n) is 4.94. The zero-order chi connectivity index (χ0) is 14.3. The molecule has 0 saturated carbocycles. The smallest absolute Gasteiger partial charge is 0.152 e. The molecule has 0 aliphatic rings. The standard InChI is InChI=1S/C14H17N5S/c1-8-7-12-14(15-5-6-19(12)18-8)17-10(3)13-9(2)16-11(4)20-13/h5-7,10H,1-4H3,(H,15,17). The van der Waals surface area contributed by atoms with E-state index in [1.54, 1.807) is 17.5 Å². The monoisotopic (exact) mass is 287 g/mol. The number of hydrogen-bond acceptors (Lipinski definition) is 5. The SMILES string of the molecule is Cc1cc2c(NC(C)c3sc(C)nc3C)nccn2n1. The third kappa shape index (κ3) is 2.27. The summed E-state index contributed by atoms with van der Waals surface area (Å²) in [6.45, 7) is 8.20. The van der Waals surface area contributed by atoms with Gasteiger partial charge in [0.1, 0.15) is 5.52 Å². The van der Waals surface area contributed by atoms with Crippen LogP contribution in [0.2, 0.25) is 0 Å². The minimum atomic E-state index is 0.176. The van der Waals surface area contributed by atoms with Crippen molar-refractivity contribution in [3.05, 3.63) is 39.7 Å². The summed E-state index contributed by atoms with van der Waals surface area (Å²) in [6.07, 6.45) is 3.62. The van der Waals surface area contributed by atoms with Crippen LogP contribution in [0, 0.1) is 20.8 Å². The number of rotatable bonds is 3. The summed E-state index contributed by atoms with van der Waals surface area (Å²) in [6, 6.07) is 2.21. The number of fused-ring (bicyclic) bond motifs is 1. The van der Waals surface area contributed by atoms with Gasteiger partial charge < -0.3 is 5.32 Å². The maximum Gasteiger partial charge on any atom is 0.152 e. The first-order valence-electron chi connectivity index (χ1n) is 6.56. The van der Waals surface area contributed by atoms with Crippen LogP contribution in [0.15, 0.2) is 18.5 Å². The minimum absolute atomic E-state index is 0.176. The van der Waals surface area contributed by atoms with E-state index in [1.165, 1.54) is 4.88 Å². The molecule has 20 heavy (non-hydrogen) atoms. The van der Waals surface area contributed by atoms with Crippen LogP contribution in [-0.4, -0.2) is 19.6 Å². The van der Waals surface area contributed by atoms with Gasteiger partial charge in [-0.25, -0.2) is 14.5 Å². The molecule has 0 aromatic carbocycles. The molecule has 0 aliphatic carbocycles. The fraction of sp³-hybridized carbons (Fsp3) is 0.357. The van der Waals surface area contributed by atoms with Crippen LogP contribution < -0.4 is 5.32 Å². The molecule has 3 heterocycles. The van der Waals surface area contributed by atoms with Crippen molar-refractivity contribution in [2.45, 2.75) is 33.7 Å². The van der Waals surface area contributed by atoms with Gasteiger partial charge >= 0.3 is 0 Å². The summed E-state index contributed by atoms with van der Waals surface area (Å²) in [4.78, 5) is 10.2. The Morgan fingerprint density at radius 3 is 2.80 bits per heavy atom. The van der Waals surface area contributed by atoms with Crippen LogP contribution in [0.3, 0.4) is 0 Å². The zero-order valence-electron chi connectivity index (χ0n) is 12.0. The first-order valence-corrected chi connectivity index (χ1v) is 7.37. The molecule has 0 spiro atoms. The third-order valence-electron chi connectivity index (χ3n) is 3.20. The first kappa shape index (κ1) is 13.1. The number of anilines is 1. The highest BCUT2D eigenvalue weighted by atomic mass is 32.1. The molecule has 104 valence electrons. The minimum Gasteiger partial charge on any atom is -0.361 e. The number of aryl methyl sites for hydroxylation is 3. The van der Waals surface area contributed by atoms with Crippen molar-refractivity contribution >= 4 is 22.7 Å². The zero-order valence-corrected chi connectivity index (χ0v) is 12.8. The number of aromatic nitrogens is 4. The highest BCUT2D eigenvalue weighted by molar-refractivity contribution is 7.11. The quantitative estimate of drug-likeness (QED) is 0.803. The van der Waals surface area contributed by atoms with E-state index in [1.807, 2.05) is 37.5 Å². The van der Waals surface area contributed by atoms with Crippen LogP contribution >= 0.6 is 11.3 Å². The average molecular weight is 287 g/mol. The molecule has 1 N–H and O–H groups in total. The molecule has 0 fully saturated rings. The molecule has 0 aliphatic heterocycles. The van der Waals surface area contributed by atoms with Gasteiger partial charge in [0.25, 0.3) is 0 Å². The molecule has 0 amide bonds. The highest BCUT2D eigenvalue weighted by Crippen LogP contribution is 2.28. The molecule has 3 aromatic heterocycles. The lowest BCUT2D eigenvalue weighted by Crippen LogP contribution is -2.08. The van der Waals surface area contributed by atoms with Crippen LogP contribution in [0.25, 0.3) is 5.52 Å². The van der Waals surface area contributed by atoms with E-state index in [9.17, 15) is 0 Å². The second-order valence-corrected chi connectivity index (χ2v) is 6.17. The molecule has 0 bridgehead atoms. The molecular formula is C14H17N5S. The van der Waals surface area contributed by atoms with E-state index < -0.39 is 0 Å². The van der Waals surface area contributed by atoms with Crippen molar-refractivity contribution < 1.29 is 0 Å². The van der Waals surface area contributed by atoms with E-state index in [0.29, 0.717) is 0 Å². The lowest BCUT2D eigenvalue weighted by molar-refractivity contribution is 0.869. The van der Waals surface area contributed by atoms with Crippen LogP contribution in [0.5, 0.6) is 0 Å². The highest BCUT2D eigenvalue weighted by Gasteiger charge is 2.15. The molecule has 3 rings (SSSR count). The van der Waals surface area contributed by atoms with E-state index in [0.717, 1.165) is 27.7 Å². The average Bonchev–Trinajstić information content (AvgIpc) is 2.91. The Hall–Kier alpha value is -1.95. The van der Waals surface area contributed by atoms with Crippen LogP contribution in [0.1, 0.15) is 34.2 Å². The summed E-state index contributed by atoms with van der Waals surface area (Å²) in [7, 11) is 0. The Bertz CT molecular complexity index is 758. The van der Waals surface area contributed by atoms with Crippen molar-refractivity contribution in [2.24, 2.45) is 0 Å². The van der Waals surface area contributed by atoms with Crippen LogP contribution in [0.4, 0.5) is 5.82 Å². The topological polar surface area (TPSA) is 55.1 Å². The molecule has 3 aromatic rings. The second kappa shape index (κ2) is 4.86. The van der Waals surface area contributed by atoms with Crippen molar-refractivity contribution in [2.75, 3.05) is 5.32 Å². The van der Waals surface area contributed by atoms with Gasteiger partial charge in [-0.2, -0.15) is 5.10 Å². The fourth-order valence-corrected chi connectivity index (χ4v) is 3.30. The number of nitrogens with one attached hydrogen (secondary N) is 1. The number of thiazole rings is 1. The first-order chi connectivity index (χ1) is 9.54. The Labute approximate surface area is 121 Å². The Balaban J connectivity index is 1.95. The predicted molar refractivity (Wildman–Crippen MR) is 81.3 cm³/mol. The van der Waals surface area contributed by atoms with E-state index in [-0.39, 0.29) is 6.04 Å². The van der Waals surface area contributed by atoms with Crippen molar-refractivity contribution in [3.63, 3.8) is 0 Å². The normalized spacial score (nSPS) is 12.8. The lowest BCUT2D eigenvalue weighted by Gasteiger charge is -2.14. The molecule has 5 nitrogen and oxygen atoms in total. The van der Waals surface area contributed by atoms with Gasteiger partial charge in [0.05, 0.1) is 22.4 Å². The van der Waals surface area contributed by atoms with Gasteiger partial charge in [0, 0.05) is 17.3 Å². The summed E-state index contributed by atoms with van der Waals surface area (Å²) in [5.74, 6) is 0.853. The van der Waals surface area contributed by atoms with Crippen molar-refractivity contribution in [1.82, 2.24) is 19.6 Å². The molecule has 1 unspecified atom stereocenters. The maximum atomic E-state index is 4.48. The molecule has 6 heteroatoms. The van der Waals surface area contributed by atoms with E-state index in [4.69, 9.17) is 0 Å². The number of nitrogens with zero attached hydrogens (tertiary/aromatic N) is 4. The largest absolute Gasteiger partial charge is 0.361 e. The Morgan fingerprint density at radius 2 is 2.10 bits per heavy atom. The van der Waals surface area contributed by atoms with E-state index in [2.05, 4.69) is 27.3 Å². The van der Waals surface area contributed by atoms with Gasteiger partial charge in [-0.1, -0.05) is 0 Å². The Morgan fingerprint density at radius 1 is 1.30 bits per heavy atom. The molecule has 0 saturated heterocycles. The lowest BCUT2D eigenvalue weighted by atomic mass is 10.2. The van der Waals surface area contributed by atoms with Crippen molar-refractivity contribution in [1.29, 1.82) is 0 Å². The number of hydrogen-bond donors (Lipinski definition) is 1. The molecular weight excluding hydrogens is 270 g/mol. The molecule has 1 atom stereocenters. The van der Waals surface area contributed by atoms with Crippen molar-refractivity contribution in [3.8, 4) is 0 Å². The van der Waals surface area contributed by atoms with Gasteiger partial charge in [-0.3, -0.25) is 0 Å². The summed E-state index contributed by atoms with van der Waals surface area (Å²) >= 11 is 1.73. The summed E-state index contributed by atoms with van der Waals surface area (Å²) < 4.78 is 1.85. The molecule has 0 radical (unpaired) electrons. The predicted octanol–water partition coefficient (Wildman–Crippen LogP) is 3.28. The van der Waals surface area contributed by atoms with Crippen LogP contribution in [-0.2, 0) is 0 Å². The van der Waals surface area contributed by atoms with Gasteiger partial charge in [0.2, 0.25) is 0 Å². The third-order valence-corrected chi connectivity index (χ3v) is 4.45. The summed E-state index contributed by atoms with van der Waals surface area (Å²) in [5, 5.41) is 8.96. The summed E-state index contributed by atoms with van der Waals surface area (Å²) in [5.41, 5.74) is 3.07. The van der Waals surface area contributed by atoms with E-state index >= 15 is 0 Å². The van der Waals surface area contributed by atoms with Gasteiger partial charge in [0.15, 0.2) is 5.82 Å². The fourth-order valence-electron chi connectivity index (χ4n) is 2.37. The van der Waals surface area contributed by atoms with Gasteiger partial charge in [-0.15, -0.1) is 11.3 Å².